The molecule has 1 heteroatoms. The molecule has 1 saturated heterocycles. The highest BCUT2D eigenvalue weighted by atomic mass is 16.6. The maximum absolute atomic E-state index is 5.68. The molecular weight excluding hydrogens is 208 g/mol. The molecule has 0 aromatic heterocycles. The molecule has 0 aromatic carbocycles. The van der Waals surface area contributed by atoms with Crippen molar-refractivity contribution in [3.8, 4) is 12.3 Å². The van der Waals surface area contributed by atoms with Gasteiger partial charge in [0.05, 0.1) is 0 Å². The topological polar surface area (TPSA) is 12.5 Å². The Bertz CT molecular complexity index is 375. The van der Waals surface area contributed by atoms with E-state index in [1.807, 2.05) is 6.92 Å². The number of rotatable bonds is 3. The number of hydrogen-bond acceptors (Lipinski definition) is 1. The Morgan fingerprint density at radius 2 is 2.18 bits per heavy atom. The van der Waals surface area contributed by atoms with E-state index in [0.29, 0.717) is 5.92 Å². The number of epoxide rings is 1. The summed E-state index contributed by atoms with van der Waals surface area (Å²) in [6, 6.07) is 0. The van der Waals surface area contributed by atoms with Crippen molar-refractivity contribution >= 4 is 0 Å². The maximum atomic E-state index is 5.68. The van der Waals surface area contributed by atoms with E-state index in [0.717, 1.165) is 12.3 Å². The molecule has 0 bridgehead atoms. The zero-order chi connectivity index (χ0) is 12.8. The van der Waals surface area contributed by atoms with Gasteiger partial charge in [0.25, 0.3) is 0 Å². The quantitative estimate of drug-likeness (QED) is 0.410. The summed E-state index contributed by atoms with van der Waals surface area (Å²) in [6.07, 6.45) is 9.21. The van der Waals surface area contributed by atoms with E-state index < -0.39 is 0 Å². The van der Waals surface area contributed by atoms with Crippen molar-refractivity contribution < 1.29 is 4.74 Å². The summed E-state index contributed by atoms with van der Waals surface area (Å²) in [5.74, 6) is 4.19. The molecular formula is C16H24O. The van der Waals surface area contributed by atoms with Gasteiger partial charge in [-0.05, 0) is 43.4 Å². The van der Waals surface area contributed by atoms with Gasteiger partial charge in [-0.25, -0.2) is 0 Å². The van der Waals surface area contributed by atoms with E-state index in [4.69, 9.17) is 11.2 Å². The van der Waals surface area contributed by atoms with Gasteiger partial charge in [-0.15, -0.1) is 6.42 Å². The van der Waals surface area contributed by atoms with Crippen molar-refractivity contribution in [3.63, 3.8) is 0 Å². The van der Waals surface area contributed by atoms with E-state index in [-0.39, 0.29) is 17.1 Å². The van der Waals surface area contributed by atoms with Gasteiger partial charge in [0.2, 0.25) is 0 Å². The van der Waals surface area contributed by atoms with Gasteiger partial charge in [0.1, 0.15) is 6.10 Å². The minimum atomic E-state index is -0.312. The fourth-order valence-electron chi connectivity index (χ4n) is 3.57. The van der Waals surface area contributed by atoms with Crippen LogP contribution in [0.4, 0.5) is 0 Å². The van der Waals surface area contributed by atoms with Gasteiger partial charge in [0, 0.05) is 0 Å². The SMILES string of the molecule is C#C[C@@]1(C)O[C@@H]1C[C@@]1(C)C(=C)CC[C@@H]1C(C)C. The lowest BCUT2D eigenvalue weighted by Crippen LogP contribution is -2.30. The van der Waals surface area contributed by atoms with Crippen LogP contribution in [0.1, 0.15) is 47.0 Å². The second-order valence-electron chi connectivity index (χ2n) is 6.47. The van der Waals surface area contributed by atoms with E-state index in [1.54, 1.807) is 0 Å². The van der Waals surface area contributed by atoms with Crippen molar-refractivity contribution in [1.29, 1.82) is 0 Å². The summed E-state index contributed by atoms with van der Waals surface area (Å²) >= 11 is 0. The molecule has 1 saturated carbocycles. The molecule has 4 atom stereocenters. The van der Waals surface area contributed by atoms with Crippen molar-refractivity contribution in [2.24, 2.45) is 17.3 Å². The number of terminal acetylenes is 1. The van der Waals surface area contributed by atoms with Crippen LogP contribution in [0.2, 0.25) is 0 Å². The average molecular weight is 232 g/mol. The Labute approximate surface area is 106 Å². The number of ether oxygens (including phenoxy) is 1. The minimum absolute atomic E-state index is 0.216. The molecule has 17 heavy (non-hydrogen) atoms. The molecule has 94 valence electrons. The van der Waals surface area contributed by atoms with Gasteiger partial charge in [-0.1, -0.05) is 38.8 Å². The first-order valence-corrected chi connectivity index (χ1v) is 6.67. The molecule has 0 spiro atoms. The molecule has 1 heterocycles. The molecule has 0 N–H and O–H groups in total. The Morgan fingerprint density at radius 3 is 2.65 bits per heavy atom. The minimum Gasteiger partial charge on any atom is -0.353 e. The van der Waals surface area contributed by atoms with Crippen LogP contribution >= 0.6 is 0 Å². The summed E-state index contributed by atoms with van der Waals surface area (Å²) < 4.78 is 5.68. The largest absolute Gasteiger partial charge is 0.353 e. The van der Waals surface area contributed by atoms with Gasteiger partial charge < -0.3 is 4.74 Å². The number of allylic oxidation sites excluding steroid dienone is 1. The first-order chi connectivity index (χ1) is 7.83. The van der Waals surface area contributed by atoms with Crippen molar-refractivity contribution in [2.45, 2.75) is 58.7 Å². The molecule has 0 aromatic rings. The highest BCUT2D eigenvalue weighted by molar-refractivity contribution is 5.25. The van der Waals surface area contributed by atoms with Gasteiger partial charge in [-0.2, -0.15) is 0 Å². The van der Waals surface area contributed by atoms with E-state index in [1.165, 1.54) is 18.4 Å². The van der Waals surface area contributed by atoms with Crippen molar-refractivity contribution in [2.75, 3.05) is 0 Å². The zero-order valence-corrected chi connectivity index (χ0v) is 11.5. The molecule has 0 unspecified atom stereocenters. The third-order valence-electron chi connectivity index (χ3n) is 5.03. The summed E-state index contributed by atoms with van der Waals surface area (Å²) in [5, 5.41) is 0. The third-order valence-corrected chi connectivity index (χ3v) is 5.03. The fraction of sp³-hybridized carbons (Fsp3) is 0.750. The first kappa shape index (κ1) is 12.7. The van der Waals surface area contributed by atoms with Crippen LogP contribution in [-0.4, -0.2) is 11.7 Å². The van der Waals surface area contributed by atoms with Crippen LogP contribution in [0.3, 0.4) is 0 Å². The van der Waals surface area contributed by atoms with Crippen molar-refractivity contribution in [3.05, 3.63) is 12.2 Å². The van der Waals surface area contributed by atoms with E-state index >= 15 is 0 Å². The zero-order valence-electron chi connectivity index (χ0n) is 11.5. The fourth-order valence-corrected chi connectivity index (χ4v) is 3.57. The summed E-state index contributed by atoms with van der Waals surface area (Å²) in [4.78, 5) is 0. The van der Waals surface area contributed by atoms with Crippen LogP contribution < -0.4 is 0 Å². The monoisotopic (exact) mass is 232 g/mol. The van der Waals surface area contributed by atoms with Crippen molar-refractivity contribution in [1.82, 2.24) is 0 Å². The Kier molecular flexibility index (Phi) is 2.91. The smallest absolute Gasteiger partial charge is 0.152 e. The highest BCUT2D eigenvalue weighted by Gasteiger charge is 2.56. The lowest BCUT2D eigenvalue weighted by Gasteiger charge is -2.35. The van der Waals surface area contributed by atoms with Crippen LogP contribution in [0, 0.1) is 29.6 Å². The Balaban J connectivity index is 2.12. The van der Waals surface area contributed by atoms with Gasteiger partial charge in [0.15, 0.2) is 5.60 Å². The van der Waals surface area contributed by atoms with Gasteiger partial charge >= 0.3 is 0 Å². The standard InChI is InChI=1S/C16H24O/c1-7-16(6)14(17-16)10-15(5)12(4)8-9-13(15)11(2)3/h1,11,13-14H,4,8-10H2,2-3,5-6H3/t13-,14-,15+,16-/m1/s1. The first-order valence-electron chi connectivity index (χ1n) is 6.67. The van der Waals surface area contributed by atoms with Gasteiger partial charge in [-0.3, -0.25) is 0 Å². The van der Waals surface area contributed by atoms with Crippen LogP contribution in [0.5, 0.6) is 0 Å². The second kappa shape index (κ2) is 3.89. The van der Waals surface area contributed by atoms with E-state index in [2.05, 4.69) is 33.3 Å². The number of hydrogen-bond donors (Lipinski definition) is 0. The molecule has 1 aliphatic heterocycles. The molecule has 2 rings (SSSR count). The second-order valence-corrected chi connectivity index (χ2v) is 6.47. The molecule has 2 fully saturated rings. The molecule has 0 amide bonds. The normalized spacial score (nSPS) is 45.1. The molecule has 1 nitrogen and oxygen atoms in total. The van der Waals surface area contributed by atoms with Crippen LogP contribution in [0.15, 0.2) is 12.2 Å². The molecule has 1 aliphatic carbocycles. The average Bonchev–Trinajstić information content (AvgIpc) is 2.78. The summed E-state index contributed by atoms with van der Waals surface area (Å²) in [5.41, 5.74) is 1.30. The lowest BCUT2D eigenvalue weighted by atomic mass is 9.69. The summed E-state index contributed by atoms with van der Waals surface area (Å²) in [6.45, 7) is 13.3. The maximum Gasteiger partial charge on any atom is 0.152 e. The predicted molar refractivity (Wildman–Crippen MR) is 71.5 cm³/mol. The molecule has 0 radical (unpaired) electrons. The van der Waals surface area contributed by atoms with Crippen LogP contribution in [-0.2, 0) is 4.74 Å². The van der Waals surface area contributed by atoms with E-state index in [9.17, 15) is 0 Å². The lowest BCUT2D eigenvalue weighted by molar-refractivity contribution is 0.177. The summed E-state index contributed by atoms with van der Waals surface area (Å²) in [7, 11) is 0. The Morgan fingerprint density at radius 1 is 1.53 bits per heavy atom. The van der Waals surface area contributed by atoms with Crippen LogP contribution in [0.25, 0.3) is 0 Å². The predicted octanol–water partition coefficient (Wildman–Crippen LogP) is 3.80. The Hall–Kier alpha value is -0.740. The highest BCUT2D eigenvalue weighted by Crippen LogP contribution is 2.56. The molecule has 2 aliphatic rings. The third kappa shape index (κ3) is 1.93.